The molecule has 250 valence electrons. The van der Waals surface area contributed by atoms with E-state index in [0.717, 1.165) is 66.2 Å². The van der Waals surface area contributed by atoms with Crippen molar-refractivity contribution in [1.82, 2.24) is 0 Å². The molecule has 0 radical (unpaired) electrons. The molecule has 0 aliphatic heterocycles. The van der Waals surface area contributed by atoms with Crippen molar-refractivity contribution in [2.24, 2.45) is 0 Å². The predicted octanol–water partition coefficient (Wildman–Crippen LogP) is 12.2. The summed E-state index contributed by atoms with van der Waals surface area (Å²) in [7, 11) is 17.4. The van der Waals surface area contributed by atoms with E-state index >= 15 is 0 Å². The van der Waals surface area contributed by atoms with Crippen LogP contribution in [0.25, 0.3) is 11.1 Å². The monoisotopic (exact) mass is 754 g/mol. The van der Waals surface area contributed by atoms with Crippen molar-refractivity contribution in [3.63, 3.8) is 0 Å². The fourth-order valence-electron chi connectivity index (χ4n) is 8.23. The Balaban J connectivity index is 1.72. The molecule has 2 nitrogen and oxygen atoms in total. The van der Waals surface area contributed by atoms with E-state index in [4.69, 9.17) is 17.0 Å². The van der Waals surface area contributed by atoms with Crippen LogP contribution >= 0.6 is 17.0 Å². The van der Waals surface area contributed by atoms with E-state index in [0.29, 0.717) is 0 Å². The van der Waals surface area contributed by atoms with Crippen LogP contribution < -0.4 is 9.80 Å². The van der Waals surface area contributed by atoms with Crippen LogP contribution in [0.3, 0.4) is 0 Å². The number of hydrogen-bond acceptors (Lipinski definition) is 2. The van der Waals surface area contributed by atoms with Gasteiger partial charge in [-0.05, 0) is 0 Å². The zero-order valence-corrected chi connectivity index (χ0v) is 33.0. The number of benzene rings is 4. The summed E-state index contributed by atoms with van der Waals surface area (Å²) in [5.74, 6) is 0. The van der Waals surface area contributed by atoms with Gasteiger partial charge in [-0.3, -0.25) is 0 Å². The first-order valence-electron chi connectivity index (χ1n) is 18.0. The van der Waals surface area contributed by atoms with Gasteiger partial charge in [-0.2, -0.15) is 0 Å². The van der Waals surface area contributed by atoms with Crippen molar-refractivity contribution in [3.05, 3.63) is 144 Å². The van der Waals surface area contributed by atoms with Crippen molar-refractivity contribution >= 4 is 31.6 Å². The van der Waals surface area contributed by atoms with Gasteiger partial charge >= 0.3 is 299 Å². The zero-order valence-electron chi connectivity index (χ0n) is 29.0. The van der Waals surface area contributed by atoms with Gasteiger partial charge in [-0.15, -0.1) is 0 Å². The Hall–Kier alpha value is -2.71. The second kappa shape index (κ2) is 15.0. The van der Waals surface area contributed by atoms with Crippen LogP contribution in [0.5, 0.6) is 0 Å². The Bertz CT molecular complexity index is 1720. The third-order valence-corrected chi connectivity index (χ3v) is 29.8. The average Bonchev–Trinajstić information content (AvgIpc) is 3.77. The number of nitrogens with zero attached hydrogens (tertiary/aromatic N) is 2. The summed E-state index contributed by atoms with van der Waals surface area (Å²) in [6.45, 7) is 13.2. The number of halogens is 2. The number of hydrogen-bond donors (Lipinski definition) is 0. The van der Waals surface area contributed by atoms with E-state index in [-0.39, 0.29) is 7.25 Å². The Morgan fingerprint density at radius 1 is 0.562 bits per heavy atom. The predicted molar refractivity (Wildman–Crippen MR) is 209 cm³/mol. The second-order valence-electron chi connectivity index (χ2n) is 13.5. The van der Waals surface area contributed by atoms with Gasteiger partial charge in [0.25, 0.3) is 0 Å². The van der Waals surface area contributed by atoms with E-state index in [9.17, 15) is 0 Å². The van der Waals surface area contributed by atoms with E-state index in [1.165, 1.54) is 33.6 Å². The molecular formula is C43H50Cl2N2Zr. The molecule has 0 fully saturated rings. The molecule has 0 amide bonds. The molecule has 0 bridgehead atoms. The number of rotatable bonds is 14. The summed E-state index contributed by atoms with van der Waals surface area (Å²) in [5.41, 5.74) is 9.90. The molecule has 5 heteroatoms. The fraction of sp³-hybridized carbons (Fsp3) is 0.326. The Morgan fingerprint density at radius 2 is 0.958 bits per heavy atom. The quantitative estimate of drug-likeness (QED) is 0.126. The third-order valence-electron chi connectivity index (χ3n) is 10.2. The molecule has 0 spiro atoms. The molecule has 0 heterocycles. The van der Waals surface area contributed by atoms with Crippen LogP contribution in [-0.2, 0) is 15.9 Å². The van der Waals surface area contributed by atoms with Gasteiger partial charge in [0.2, 0.25) is 0 Å². The van der Waals surface area contributed by atoms with Gasteiger partial charge in [0.15, 0.2) is 0 Å². The summed E-state index contributed by atoms with van der Waals surface area (Å²) in [4.78, 5) is 5.08. The number of fused-ring (bicyclic) bond motifs is 3. The molecule has 4 aromatic carbocycles. The van der Waals surface area contributed by atoms with Gasteiger partial charge in [0, 0.05) is 0 Å². The molecule has 0 saturated carbocycles. The number of anilines is 2. The van der Waals surface area contributed by atoms with Gasteiger partial charge in [0.05, 0.1) is 0 Å². The van der Waals surface area contributed by atoms with E-state index in [1.54, 1.807) is 0 Å². The Kier molecular flexibility index (Phi) is 11.0. The SMILES string of the molecule is CCCN(CCC)c1ccc2c(c1)-c1cc(N(CCC)CCC)ccc1[CH]2[Zr]([Cl])([Cl])(=[C](c1ccccc1)c1ccccc1)[CH]1C=CC=C1. The van der Waals surface area contributed by atoms with E-state index in [2.05, 4.69) is 159 Å². The van der Waals surface area contributed by atoms with Gasteiger partial charge in [-0.25, -0.2) is 0 Å². The minimum atomic E-state index is -5.34. The van der Waals surface area contributed by atoms with Gasteiger partial charge in [-0.1, -0.05) is 0 Å². The third kappa shape index (κ3) is 6.37. The molecule has 4 aromatic rings. The molecule has 0 aromatic heterocycles. The summed E-state index contributed by atoms with van der Waals surface area (Å²) in [6.07, 6.45) is 13.3. The average molecular weight is 757 g/mol. The summed E-state index contributed by atoms with van der Waals surface area (Å²) in [6, 6.07) is 35.7. The van der Waals surface area contributed by atoms with E-state index < -0.39 is 15.9 Å². The van der Waals surface area contributed by atoms with Crippen molar-refractivity contribution in [1.29, 1.82) is 0 Å². The Labute approximate surface area is 296 Å². The Morgan fingerprint density at radius 3 is 1.33 bits per heavy atom. The van der Waals surface area contributed by atoms with Crippen LogP contribution in [0.4, 0.5) is 11.4 Å². The minimum absolute atomic E-state index is 0.0679. The zero-order chi connectivity index (χ0) is 33.8. The van der Waals surface area contributed by atoms with Gasteiger partial charge < -0.3 is 0 Å². The first-order valence-corrected chi connectivity index (χ1v) is 28.4. The number of allylic oxidation sites excluding steroid dienone is 4. The van der Waals surface area contributed by atoms with Crippen molar-refractivity contribution in [3.8, 4) is 11.1 Å². The summed E-state index contributed by atoms with van der Waals surface area (Å²) < 4.78 is 0.935. The first-order chi connectivity index (χ1) is 23.3. The van der Waals surface area contributed by atoms with Crippen LogP contribution in [-0.4, -0.2) is 29.4 Å². The first kappa shape index (κ1) is 35.1. The molecule has 0 saturated heterocycles. The maximum atomic E-state index is 8.72. The van der Waals surface area contributed by atoms with Crippen molar-refractivity contribution in [2.45, 2.75) is 60.6 Å². The van der Waals surface area contributed by atoms with Crippen molar-refractivity contribution < 1.29 is 15.9 Å². The maximum absolute atomic E-state index is 8.72. The van der Waals surface area contributed by atoms with Crippen LogP contribution in [0, 0.1) is 0 Å². The molecule has 2 aliphatic carbocycles. The van der Waals surface area contributed by atoms with Crippen LogP contribution in [0.2, 0.25) is 3.63 Å². The molecule has 6 rings (SSSR count). The van der Waals surface area contributed by atoms with Gasteiger partial charge in [0.1, 0.15) is 0 Å². The molecule has 0 unspecified atom stereocenters. The van der Waals surface area contributed by atoms with Crippen LogP contribution in [0.1, 0.15) is 79.3 Å². The summed E-state index contributed by atoms with van der Waals surface area (Å²) >= 11 is -5.34. The molecule has 0 N–H and O–H groups in total. The molecule has 0 atom stereocenters. The standard InChI is InChI=1S/C25H35N2.C13H10.C5H5.2ClH.Zr/c1-5-13-26(14-6-2)22-11-9-20-17-21-10-12-23(19-25(21)24(20)18-22)27(15-7-3)16-8-4;1-3-7-12(8-4-1)11-13-9-5-2-6-10-13;1-2-4-5-3-1;;;/h9-12,17-19H,5-8,13-16H2,1-4H3;1-10H;1-5H;2*1H;/q;;;;;+2/p-2. The topological polar surface area (TPSA) is 6.48 Å². The van der Waals surface area contributed by atoms with Crippen LogP contribution in [0.15, 0.2) is 121 Å². The second-order valence-corrected chi connectivity index (χ2v) is 34.2. The molecule has 48 heavy (non-hydrogen) atoms. The molecular weight excluding hydrogens is 707 g/mol. The summed E-state index contributed by atoms with van der Waals surface area (Å²) in [5, 5.41) is 0. The normalized spacial score (nSPS) is 14.3. The van der Waals surface area contributed by atoms with Crippen molar-refractivity contribution in [2.75, 3.05) is 36.0 Å². The van der Waals surface area contributed by atoms with E-state index in [1.807, 2.05) is 0 Å². The fourth-order valence-corrected chi connectivity index (χ4v) is 27.6. The molecule has 2 aliphatic rings.